The summed E-state index contributed by atoms with van der Waals surface area (Å²) in [6, 6.07) is 23.6. The van der Waals surface area contributed by atoms with Gasteiger partial charge in [0.15, 0.2) is 0 Å². The highest BCUT2D eigenvalue weighted by Gasteiger charge is 2.30. The van der Waals surface area contributed by atoms with Crippen LogP contribution in [0, 0.1) is 0 Å². The van der Waals surface area contributed by atoms with Gasteiger partial charge in [0.1, 0.15) is 0 Å². The Hall–Kier alpha value is -0.0400. The molecule has 2 aromatic carbocycles. The summed E-state index contributed by atoms with van der Waals surface area (Å²) >= 11 is 2.79. The van der Waals surface area contributed by atoms with Crippen molar-refractivity contribution in [3.05, 3.63) is 71.8 Å². The summed E-state index contributed by atoms with van der Waals surface area (Å²) in [7, 11) is 5.08. The molecule has 2 fully saturated rings. The van der Waals surface area contributed by atoms with Gasteiger partial charge in [0, 0.05) is 114 Å². The molecule has 0 radical (unpaired) electrons. The number of benzene rings is 2. The van der Waals surface area contributed by atoms with Gasteiger partial charge in [-0.15, -0.1) is 24.0 Å². The minimum absolute atomic E-state index is 0. The molecule has 1 unspecified atom stereocenters. The van der Waals surface area contributed by atoms with Crippen LogP contribution < -0.4 is 11.1 Å². The van der Waals surface area contributed by atoms with Crippen LogP contribution in [0.5, 0.6) is 0 Å². The van der Waals surface area contributed by atoms with Gasteiger partial charge < -0.3 is 25.0 Å². The van der Waals surface area contributed by atoms with Crippen molar-refractivity contribution in [3.63, 3.8) is 0 Å². The van der Waals surface area contributed by atoms with Crippen molar-refractivity contribution in [2.45, 2.75) is 95.5 Å². The molecule has 0 aliphatic heterocycles. The third-order valence-electron chi connectivity index (χ3n) is 9.24. The summed E-state index contributed by atoms with van der Waals surface area (Å²) in [5, 5.41) is 3.75. The second-order valence-electron chi connectivity index (χ2n) is 14.4. The normalized spacial score (nSPS) is 20.3. The van der Waals surface area contributed by atoms with E-state index in [4.69, 9.17) is 5.73 Å². The standard InChI is InChI=1S/C24H35N3.C11H25N3O2S.C3H6O3S.I2.HI/c1-26(2)18-17-25-23-13-15-24(16-14-23)27(19-21-9-5-3-6-10-21)20-22-11-7-4-8-12-22;1-13(2)8-9-14(17(3,15)16)11-6-4-10(12)5-7-11;1-3(4)6-7(2)5;1-2;/h3-12,23-25H,13-20H2,1-2H3;10-11H,4-9,12H2,1-3H3;1-2H3;;1H. The summed E-state index contributed by atoms with van der Waals surface area (Å²) in [5.41, 5.74) is 8.68. The molecule has 312 valence electrons. The average Bonchev–Trinajstić information content (AvgIpc) is 3.10. The number of sulfonamides is 1. The Morgan fingerprint density at radius 3 is 1.61 bits per heavy atom. The highest BCUT2D eigenvalue weighted by Crippen LogP contribution is 2.27. The van der Waals surface area contributed by atoms with Crippen molar-refractivity contribution in [2.24, 2.45) is 5.73 Å². The van der Waals surface area contributed by atoms with Gasteiger partial charge in [-0.25, -0.2) is 12.6 Å². The number of nitrogens with one attached hydrogen (secondary N) is 1. The Morgan fingerprint density at radius 1 is 0.796 bits per heavy atom. The Bertz CT molecular complexity index is 1310. The van der Waals surface area contributed by atoms with Crippen LogP contribution in [-0.2, 0) is 43.2 Å². The molecule has 0 amide bonds. The van der Waals surface area contributed by atoms with Gasteiger partial charge in [0.25, 0.3) is 0 Å². The van der Waals surface area contributed by atoms with Crippen LogP contribution in [0.3, 0.4) is 0 Å². The van der Waals surface area contributed by atoms with Crippen molar-refractivity contribution >= 4 is 88.3 Å². The first-order valence-electron chi connectivity index (χ1n) is 18.4. The molecule has 16 heteroatoms. The smallest absolute Gasteiger partial charge is 0.316 e. The number of nitrogens with two attached hydrogens (primary N) is 1. The first kappa shape index (κ1) is 54.0. The van der Waals surface area contributed by atoms with E-state index in [1.807, 2.05) is 19.0 Å². The predicted molar refractivity (Wildman–Crippen MR) is 254 cm³/mol. The van der Waals surface area contributed by atoms with Gasteiger partial charge in [0.2, 0.25) is 21.1 Å². The summed E-state index contributed by atoms with van der Waals surface area (Å²) in [6.45, 7) is 6.84. The number of nitrogens with zero attached hydrogens (tertiary/aromatic N) is 4. The molecule has 4 rings (SSSR count). The summed E-state index contributed by atoms with van der Waals surface area (Å²) in [5.74, 6) is -0.513. The molecule has 0 saturated heterocycles. The molecule has 11 nitrogen and oxygen atoms in total. The number of hydrogen-bond acceptors (Lipinski definition) is 10. The molecule has 0 spiro atoms. The first-order chi connectivity index (χ1) is 25.1. The van der Waals surface area contributed by atoms with Crippen LogP contribution in [0.15, 0.2) is 60.7 Å². The second-order valence-corrected chi connectivity index (χ2v) is 17.3. The number of halogens is 3. The summed E-state index contributed by atoms with van der Waals surface area (Å²) in [6.07, 6.45) is 11.4. The van der Waals surface area contributed by atoms with E-state index in [1.54, 1.807) is 4.31 Å². The van der Waals surface area contributed by atoms with Crippen LogP contribution >= 0.6 is 61.2 Å². The minimum Gasteiger partial charge on any atom is -0.364 e. The number of hydrogen-bond donors (Lipinski definition) is 2. The van der Waals surface area contributed by atoms with E-state index >= 15 is 0 Å². The number of rotatable bonds is 15. The largest absolute Gasteiger partial charge is 0.364 e. The third-order valence-corrected chi connectivity index (χ3v) is 11.0. The summed E-state index contributed by atoms with van der Waals surface area (Å²) in [4.78, 5) is 16.8. The van der Waals surface area contributed by atoms with Crippen LogP contribution in [0.4, 0.5) is 0 Å². The van der Waals surface area contributed by atoms with Gasteiger partial charge >= 0.3 is 5.97 Å². The lowest BCUT2D eigenvalue weighted by Gasteiger charge is -2.37. The molecule has 3 N–H and O–H groups in total. The van der Waals surface area contributed by atoms with E-state index in [2.05, 4.69) is 131 Å². The fourth-order valence-corrected chi connectivity index (χ4v) is 8.06. The Kier molecular flexibility index (Phi) is 30.9. The monoisotopic (exact) mass is 1130 g/mol. The molecule has 1 atom stereocenters. The Morgan fingerprint density at radius 2 is 1.24 bits per heavy atom. The molecule has 54 heavy (non-hydrogen) atoms. The maximum atomic E-state index is 11.8. The van der Waals surface area contributed by atoms with E-state index < -0.39 is 27.1 Å². The molecular weight excluding hydrogens is 1070 g/mol. The zero-order valence-electron chi connectivity index (χ0n) is 33.4. The maximum Gasteiger partial charge on any atom is 0.316 e. The van der Waals surface area contributed by atoms with Gasteiger partial charge in [-0.05, 0) is 90.7 Å². The van der Waals surface area contributed by atoms with E-state index in [-0.39, 0.29) is 36.1 Å². The number of carbonyl (C=O) groups is 1. The number of carbonyl (C=O) groups excluding carboxylic acids is 1. The zero-order chi connectivity index (χ0) is 39.8. The van der Waals surface area contributed by atoms with Crippen molar-refractivity contribution in [3.8, 4) is 0 Å². The Balaban J connectivity index is 0.000000891. The van der Waals surface area contributed by atoms with Crippen molar-refractivity contribution in [2.75, 3.05) is 66.9 Å². The molecule has 0 bridgehead atoms. The van der Waals surface area contributed by atoms with Crippen molar-refractivity contribution < 1.29 is 21.6 Å². The van der Waals surface area contributed by atoms with Crippen LogP contribution in [0.2, 0.25) is 0 Å². The van der Waals surface area contributed by atoms with Gasteiger partial charge in [-0.3, -0.25) is 9.69 Å². The van der Waals surface area contributed by atoms with Crippen molar-refractivity contribution in [1.82, 2.24) is 24.3 Å². The van der Waals surface area contributed by atoms with Gasteiger partial charge in [0.05, 0.1) is 6.26 Å². The molecule has 2 aromatic rings. The Labute approximate surface area is 370 Å². The molecule has 0 heterocycles. The lowest BCUT2D eigenvalue weighted by molar-refractivity contribution is -0.130. The zero-order valence-corrected chi connectivity index (χ0v) is 41.6. The van der Waals surface area contributed by atoms with Crippen molar-refractivity contribution in [1.29, 1.82) is 0 Å². The van der Waals surface area contributed by atoms with Crippen LogP contribution in [0.25, 0.3) is 0 Å². The summed E-state index contributed by atoms with van der Waals surface area (Å²) < 4.78 is 39.3. The predicted octanol–water partition coefficient (Wildman–Crippen LogP) is 6.46. The second kappa shape index (κ2) is 31.0. The van der Waals surface area contributed by atoms with Crippen LogP contribution in [0.1, 0.15) is 69.4 Å². The molecule has 2 saturated carbocycles. The van der Waals surface area contributed by atoms with E-state index in [9.17, 15) is 17.4 Å². The highest BCUT2D eigenvalue weighted by atomic mass is 128. The van der Waals surface area contributed by atoms with Gasteiger partial charge in [-0.1, -0.05) is 60.7 Å². The van der Waals surface area contributed by atoms with Gasteiger partial charge in [-0.2, -0.15) is 4.31 Å². The minimum atomic E-state index is -3.11. The quantitative estimate of drug-likeness (QED) is 0.192. The fourth-order valence-electron chi connectivity index (χ4n) is 6.56. The first-order valence-corrected chi connectivity index (χ1v) is 28.0. The number of likely N-dealkylation sites (N-methyl/N-ethyl adjacent to an activating group) is 2. The fraction of sp³-hybridized carbons (Fsp3) is 0.658. The average molecular weight is 1130 g/mol. The molecule has 0 aromatic heterocycles. The van der Waals surface area contributed by atoms with E-state index in [1.165, 1.54) is 56.2 Å². The topological polar surface area (TPSA) is 129 Å². The third kappa shape index (κ3) is 25.3. The van der Waals surface area contributed by atoms with E-state index in [0.717, 1.165) is 58.4 Å². The SMILES string of the molecule is CC(=O)OS(C)=O.CN(C)CCN(C1CCC(N)CC1)S(C)(=O)=O.CN(C)CCNC1CCC(N(Cc2ccccc2)Cc2ccccc2)CC1.I.II. The van der Waals surface area contributed by atoms with Crippen LogP contribution in [-0.4, -0.2) is 129 Å². The van der Waals surface area contributed by atoms with E-state index in [0.29, 0.717) is 18.6 Å². The molecular formula is C38H67I3N6O5S2. The molecule has 2 aliphatic carbocycles. The lowest BCUT2D eigenvalue weighted by atomic mass is 9.89. The maximum absolute atomic E-state index is 11.8. The highest BCUT2D eigenvalue weighted by molar-refractivity contribution is 15.0. The molecule has 2 aliphatic rings. The lowest BCUT2D eigenvalue weighted by Crippen LogP contribution is -2.46.